The predicted molar refractivity (Wildman–Crippen MR) is 41.7 cm³/mol. The zero-order valence-electron chi connectivity index (χ0n) is 5.74. The molecule has 1 rings (SSSR count). The molecule has 1 fully saturated rings. The van der Waals surface area contributed by atoms with E-state index in [0.717, 1.165) is 0 Å². The Balaban J connectivity index is 2.28. The van der Waals surface area contributed by atoms with E-state index in [1.54, 1.807) is 11.8 Å². The smallest absolute Gasteiger partial charge is 0.127 e. The Morgan fingerprint density at radius 1 is 1.70 bits per heavy atom. The van der Waals surface area contributed by atoms with Gasteiger partial charge in [0.2, 0.25) is 0 Å². The van der Waals surface area contributed by atoms with Crippen molar-refractivity contribution >= 4 is 11.8 Å². The van der Waals surface area contributed by atoms with E-state index in [1.165, 1.54) is 0 Å². The van der Waals surface area contributed by atoms with E-state index >= 15 is 0 Å². The van der Waals surface area contributed by atoms with Crippen molar-refractivity contribution in [3.05, 3.63) is 0 Å². The molecule has 0 aliphatic carbocycles. The summed E-state index contributed by atoms with van der Waals surface area (Å²) in [5.41, 5.74) is 0. The minimum absolute atomic E-state index is 0.164. The summed E-state index contributed by atoms with van der Waals surface area (Å²) in [5, 5.41) is 18.3. The van der Waals surface area contributed by atoms with Gasteiger partial charge in [0.05, 0.1) is 5.25 Å². The van der Waals surface area contributed by atoms with Crippen molar-refractivity contribution in [1.82, 2.24) is 0 Å². The molecule has 0 amide bonds. The van der Waals surface area contributed by atoms with Gasteiger partial charge in [0.25, 0.3) is 0 Å². The van der Waals surface area contributed by atoms with Crippen LogP contribution >= 0.6 is 11.8 Å². The lowest BCUT2D eigenvalue weighted by Gasteiger charge is -1.95. The molecule has 0 bridgehead atoms. The molecule has 10 heavy (non-hydrogen) atoms. The molecule has 0 aromatic carbocycles. The lowest BCUT2D eigenvalue weighted by Crippen LogP contribution is -2.12. The molecule has 2 N–H and O–H groups in total. The molecule has 1 heterocycles. The normalized spacial score (nSPS) is 32.3. The predicted octanol–water partition coefficient (Wildman–Crippen LogP) is -0.153. The topological polar surface area (TPSA) is 40.5 Å². The van der Waals surface area contributed by atoms with Gasteiger partial charge in [-0.2, -0.15) is 0 Å². The van der Waals surface area contributed by atoms with Crippen LogP contribution in [0.5, 0.6) is 0 Å². The van der Waals surface area contributed by atoms with E-state index in [1.807, 2.05) is 0 Å². The average molecular weight is 158 g/mol. The van der Waals surface area contributed by atoms with E-state index in [2.05, 4.69) is 18.8 Å². The molecule has 0 spiro atoms. The van der Waals surface area contributed by atoms with Crippen LogP contribution < -0.4 is 0 Å². The maximum atomic E-state index is 9.18. The summed E-state index contributed by atoms with van der Waals surface area (Å²) < 4.78 is 0. The fraction of sp³-hybridized carbons (Fsp3) is 0.714. The number of rotatable bonds is 1. The Bertz CT molecular complexity index is 170. The van der Waals surface area contributed by atoms with Crippen molar-refractivity contribution in [3.8, 4) is 11.8 Å². The van der Waals surface area contributed by atoms with Crippen LogP contribution in [0.4, 0.5) is 0 Å². The van der Waals surface area contributed by atoms with Crippen molar-refractivity contribution in [1.29, 1.82) is 0 Å². The number of aliphatic hydroxyl groups is 2. The summed E-state index contributed by atoms with van der Waals surface area (Å²) in [5.74, 6) is 4.99. The van der Waals surface area contributed by atoms with Gasteiger partial charge in [-0.05, 0) is 0 Å². The maximum Gasteiger partial charge on any atom is 0.127 e. The van der Waals surface area contributed by atoms with Gasteiger partial charge in [-0.3, -0.25) is 0 Å². The molecular formula is C7H10O2S. The molecule has 3 heteroatoms. The van der Waals surface area contributed by atoms with Gasteiger partial charge in [-0.25, -0.2) is 0 Å². The Morgan fingerprint density at radius 2 is 2.30 bits per heavy atom. The zero-order valence-corrected chi connectivity index (χ0v) is 6.56. The Kier molecular flexibility index (Phi) is 2.61. The van der Waals surface area contributed by atoms with Crippen LogP contribution in [0.3, 0.4) is 0 Å². The van der Waals surface area contributed by atoms with E-state index < -0.39 is 6.10 Å². The molecule has 0 unspecified atom stereocenters. The van der Waals surface area contributed by atoms with Crippen LogP contribution in [0.1, 0.15) is 6.92 Å². The Labute approximate surface area is 64.6 Å². The molecule has 0 aromatic heterocycles. The summed E-state index contributed by atoms with van der Waals surface area (Å²) in [6.07, 6.45) is -0.549. The van der Waals surface area contributed by atoms with E-state index in [9.17, 15) is 5.11 Å². The lowest BCUT2D eigenvalue weighted by molar-refractivity contribution is 0.237. The van der Waals surface area contributed by atoms with Crippen molar-refractivity contribution in [2.24, 2.45) is 0 Å². The fourth-order valence-electron chi connectivity index (χ4n) is 0.766. The third-order valence-corrected chi connectivity index (χ3v) is 2.79. The highest BCUT2D eigenvalue weighted by atomic mass is 32.2. The molecule has 0 radical (unpaired) electrons. The average Bonchev–Trinajstić information content (AvgIpc) is 2.62. The van der Waals surface area contributed by atoms with Crippen molar-refractivity contribution < 1.29 is 10.2 Å². The quantitative estimate of drug-likeness (QED) is 0.412. The van der Waals surface area contributed by atoms with Crippen LogP contribution in [-0.2, 0) is 0 Å². The van der Waals surface area contributed by atoms with Gasteiger partial charge >= 0.3 is 0 Å². The number of thioether (sulfide) groups is 1. The SMILES string of the molecule is C[C@H]1S[C@@H]1[C@H](O)C#CCO. The minimum Gasteiger partial charge on any atom is -0.384 e. The second kappa shape index (κ2) is 3.29. The molecule has 1 aliphatic heterocycles. The van der Waals surface area contributed by atoms with Gasteiger partial charge in [0.1, 0.15) is 12.7 Å². The summed E-state index contributed by atoms with van der Waals surface area (Å²) in [6, 6.07) is 0. The van der Waals surface area contributed by atoms with E-state index in [4.69, 9.17) is 5.11 Å². The Hall–Kier alpha value is -0.170. The molecule has 56 valence electrons. The Morgan fingerprint density at radius 3 is 2.70 bits per heavy atom. The lowest BCUT2D eigenvalue weighted by atomic mass is 10.2. The van der Waals surface area contributed by atoms with Gasteiger partial charge < -0.3 is 10.2 Å². The fourth-order valence-corrected chi connectivity index (χ4v) is 1.54. The molecule has 1 saturated heterocycles. The minimum atomic E-state index is -0.549. The summed E-state index contributed by atoms with van der Waals surface area (Å²) >= 11 is 1.72. The first-order valence-electron chi connectivity index (χ1n) is 3.18. The van der Waals surface area contributed by atoms with Gasteiger partial charge in [-0.15, -0.1) is 11.8 Å². The van der Waals surface area contributed by atoms with Crippen LogP contribution in [0, 0.1) is 11.8 Å². The number of hydrogen-bond donors (Lipinski definition) is 2. The van der Waals surface area contributed by atoms with Crippen molar-refractivity contribution in [3.63, 3.8) is 0 Å². The third kappa shape index (κ3) is 1.91. The maximum absolute atomic E-state index is 9.18. The van der Waals surface area contributed by atoms with Gasteiger partial charge in [0.15, 0.2) is 0 Å². The van der Waals surface area contributed by atoms with Gasteiger partial charge in [0, 0.05) is 5.25 Å². The molecule has 0 aromatic rings. The van der Waals surface area contributed by atoms with Crippen molar-refractivity contribution in [2.45, 2.75) is 23.5 Å². The second-order valence-corrected chi connectivity index (χ2v) is 3.79. The third-order valence-electron chi connectivity index (χ3n) is 1.40. The standard InChI is InChI=1S/C7H10O2S/c1-5-7(10-5)6(9)3-2-4-8/h5-9H,4H2,1H3/t5-,6-,7+/m1/s1. The van der Waals surface area contributed by atoms with Crippen LogP contribution in [-0.4, -0.2) is 33.4 Å². The highest BCUT2D eigenvalue weighted by molar-refractivity contribution is 8.07. The van der Waals surface area contributed by atoms with Gasteiger partial charge in [-0.1, -0.05) is 18.8 Å². The zero-order chi connectivity index (χ0) is 7.56. The molecule has 0 saturated carbocycles. The highest BCUT2D eigenvalue weighted by Gasteiger charge is 2.39. The monoisotopic (exact) mass is 158 g/mol. The van der Waals surface area contributed by atoms with Crippen LogP contribution in [0.15, 0.2) is 0 Å². The molecule has 3 atom stereocenters. The van der Waals surface area contributed by atoms with Crippen LogP contribution in [0.25, 0.3) is 0 Å². The number of hydrogen-bond acceptors (Lipinski definition) is 3. The summed E-state index contributed by atoms with van der Waals surface area (Å²) in [7, 11) is 0. The molecule has 2 nitrogen and oxygen atoms in total. The first-order chi connectivity index (χ1) is 4.75. The number of aliphatic hydroxyl groups excluding tert-OH is 2. The first kappa shape index (κ1) is 7.93. The van der Waals surface area contributed by atoms with Crippen LogP contribution in [0.2, 0.25) is 0 Å². The second-order valence-electron chi connectivity index (χ2n) is 2.23. The largest absolute Gasteiger partial charge is 0.384 e. The van der Waals surface area contributed by atoms with E-state index in [0.29, 0.717) is 5.25 Å². The van der Waals surface area contributed by atoms with E-state index in [-0.39, 0.29) is 11.9 Å². The highest BCUT2D eigenvalue weighted by Crippen LogP contribution is 2.42. The summed E-state index contributed by atoms with van der Waals surface area (Å²) in [4.78, 5) is 0. The molecular weight excluding hydrogens is 148 g/mol. The van der Waals surface area contributed by atoms with Crippen molar-refractivity contribution in [2.75, 3.05) is 6.61 Å². The summed E-state index contributed by atoms with van der Waals surface area (Å²) in [6.45, 7) is 1.89. The first-order valence-corrected chi connectivity index (χ1v) is 4.12. The molecule has 1 aliphatic rings.